The first-order valence-corrected chi connectivity index (χ1v) is 5.50. The maximum atomic E-state index is 4.54. The lowest BCUT2D eigenvalue weighted by molar-refractivity contribution is 0.770. The van der Waals surface area contributed by atoms with Crippen molar-refractivity contribution in [2.24, 2.45) is 7.05 Å². The van der Waals surface area contributed by atoms with Crippen LogP contribution in [-0.2, 0) is 7.05 Å². The van der Waals surface area contributed by atoms with E-state index < -0.39 is 0 Å². The minimum atomic E-state index is 0.490. The first kappa shape index (κ1) is 9.40. The monoisotopic (exact) mass is 207 g/mol. The fourth-order valence-electron chi connectivity index (χ4n) is 1.20. The maximum Gasteiger partial charge on any atom is 0.144 e. The molecule has 4 heteroatoms. The third-order valence-corrected chi connectivity index (χ3v) is 2.93. The molecule has 0 bridgehead atoms. The molecule has 2 aromatic heterocycles. The summed E-state index contributed by atoms with van der Waals surface area (Å²) in [7, 11) is 1.92. The van der Waals surface area contributed by atoms with E-state index >= 15 is 0 Å². The summed E-state index contributed by atoms with van der Waals surface area (Å²) in [6.07, 6.45) is 1.94. The Balaban J connectivity index is 2.33. The smallest absolute Gasteiger partial charge is 0.144 e. The number of aryl methyl sites for hydroxylation is 1. The van der Waals surface area contributed by atoms with Crippen LogP contribution in [0.2, 0.25) is 0 Å². The van der Waals surface area contributed by atoms with Gasteiger partial charge >= 0.3 is 0 Å². The molecule has 0 N–H and O–H groups in total. The van der Waals surface area contributed by atoms with Gasteiger partial charge in [0.05, 0.1) is 5.69 Å². The van der Waals surface area contributed by atoms with Gasteiger partial charge in [-0.2, -0.15) is 5.10 Å². The van der Waals surface area contributed by atoms with Crippen molar-refractivity contribution < 1.29 is 0 Å². The fraction of sp³-hybridized carbons (Fsp3) is 0.400. The number of rotatable bonds is 2. The highest BCUT2D eigenvalue weighted by atomic mass is 32.1. The van der Waals surface area contributed by atoms with E-state index in [1.165, 1.54) is 0 Å². The second kappa shape index (κ2) is 3.53. The highest BCUT2D eigenvalue weighted by Crippen LogP contribution is 2.25. The van der Waals surface area contributed by atoms with Crippen LogP contribution >= 0.6 is 11.3 Å². The molecule has 0 aliphatic rings. The van der Waals surface area contributed by atoms with Crippen LogP contribution in [0.15, 0.2) is 17.6 Å². The van der Waals surface area contributed by atoms with Gasteiger partial charge in [0, 0.05) is 18.6 Å². The maximum absolute atomic E-state index is 4.54. The molecule has 2 heterocycles. The molecule has 0 aliphatic heterocycles. The Hall–Kier alpha value is -1.16. The fourth-order valence-corrected chi connectivity index (χ4v) is 2.14. The molecule has 0 amide bonds. The molecule has 14 heavy (non-hydrogen) atoms. The molecule has 0 saturated heterocycles. The highest BCUT2D eigenvalue weighted by Gasteiger charge is 2.08. The van der Waals surface area contributed by atoms with Crippen molar-refractivity contribution in [3.8, 4) is 10.7 Å². The predicted octanol–water partition coefficient (Wildman–Crippen LogP) is 2.67. The van der Waals surface area contributed by atoms with Crippen molar-refractivity contribution in [1.29, 1.82) is 0 Å². The van der Waals surface area contributed by atoms with E-state index in [0.717, 1.165) is 16.4 Å². The van der Waals surface area contributed by atoms with Crippen molar-refractivity contribution >= 4 is 11.3 Å². The summed E-state index contributed by atoms with van der Waals surface area (Å²) in [6, 6.07) is 1.99. The van der Waals surface area contributed by atoms with E-state index in [9.17, 15) is 0 Å². The molecule has 0 unspecified atom stereocenters. The average molecular weight is 207 g/mol. The molecule has 0 aliphatic carbocycles. The molecule has 0 atom stereocenters. The van der Waals surface area contributed by atoms with Gasteiger partial charge in [-0.25, -0.2) is 4.98 Å². The van der Waals surface area contributed by atoms with Crippen molar-refractivity contribution in [3.63, 3.8) is 0 Å². The molecule has 0 fully saturated rings. The zero-order valence-electron chi connectivity index (χ0n) is 8.56. The topological polar surface area (TPSA) is 30.7 Å². The molecular formula is C10H13N3S. The second-order valence-corrected chi connectivity index (χ2v) is 4.46. The molecule has 2 aromatic rings. The standard InChI is InChI=1S/C10H13N3S/c1-7(2)9-6-14-10(11-9)8-4-5-13(3)12-8/h4-7H,1-3H3. The van der Waals surface area contributed by atoms with Gasteiger partial charge in [-0.05, 0) is 12.0 Å². The molecule has 0 saturated carbocycles. The third kappa shape index (κ3) is 1.70. The molecule has 0 aromatic carbocycles. The molecule has 0 radical (unpaired) electrons. The number of hydrogen-bond acceptors (Lipinski definition) is 3. The van der Waals surface area contributed by atoms with Crippen LogP contribution in [0.3, 0.4) is 0 Å². The minimum absolute atomic E-state index is 0.490. The summed E-state index contributed by atoms with van der Waals surface area (Å²) in [6.45, 7) is 4.30. The van der Waals surface area contributed by atoms with E-state index in [-0.39, 0.29) is 0 Å². The van der Waals surface area contributed by atoms with Crippen LogP contribution in [0.4, 0.5) is 0 Å². The first-order valence-electron chi connectivity index (χ1n) is 4.62. The van der Waals surface area contributed by atoms with Crippen molar-refractivity contribution in [1.82, 2.24) is 14.8 Å². The van der Waals surface area contributed by atoms with Crippen LogP contribution in [0.5, 0.6) is 0 Å². The third-order valence-electron chi connectivity index (χ3n) is 2.05. The summed E-state index contributed by atoms with van der Waals surface area (Å²) in [5.74, 6) is 0.490. The van der Waals surface area contributed by atoms with Gasteiger partial charge in [-0.3, -0.25) is 4.68 Å². The molecule has 0 spiro atoms. The van der Waals surface area contributed by atoms with Crippen LogP contribution in [0.1, 0.15) is 25.5 Å². The summed E-state index contributed by atoms with van der Waals surface area (Å²) in [4.78, 5) is 4.54. The Morgan fingerprint density at radius 3 is 2.71 bits per heavy atom. The van der Waals surface area contributed by atoms with E-state index in [2.05, 4.69) is 29.3 Å². The lowest BCUT2D eigenvalue weighted by atomic mass is 10.2. The van der Waals surface area contributed by atoms with Crippen LogP contribution in [0.25, 0.3) is 10.7 Å². The summed E-state index contributed by atoms with van der Waals surface area (Å²) in [5, 5.41) is 7.43. The molecule has 2 rings (SSSR count). The molecular weight excluding hydrogens is 194 g/mol. The van der Waals surface area contributed by atoms with Crippen molar-refractivity contribution in [2.45, 2.75) is 19.8 Å². The van der Waals surface area contributed by atoms with Gasteiger partial charge in [-0.15, -0.1) is 11.3 Å². The van der Waals surface area contributed by atoms with Crippen LogP contribution in [-0.4, -0.2) is 14.8 Å². The van der Waals surface area contributed by atoms with Gasteiger partial charge in [-0.1, -0.05) is 13.8 Å². The average Bonchev–Trinajstić information content (AvgIpc) is 2.70. The van der Waals surface area contributed by atoms with E-state index in [1.54, 1.807) is 16.0 Å². The second-order valence-electron chi connectivity index (χ2n) is 3.61. The van der Waals surface area contributed by atoms with E-state index in [0.29, 0.717) is 5.92 Å². The summed E-state index contributed by atoms with van der Waals surface area (Å²) >= 11 is 1.66. The SMILES string of the molecule is CC(C)c1csc(-c2ccn(C)n2)n1. The van der Waals surface area contributed by atoms with Crippen molar-refractivity contribution in [3.05, 3.63) is 23.3 Å². The Morgan fingerprint density at radius 2 is 2.21 bits per heavy atom. The number of nitrogens with zero attached hydrogens (tertiary/aromatic N) is 3. The van der Waals surface area contributed by atoms with E-state index in [1.807, 2.05) is 19.3 Å². The van der Waals surface area contributed by atoms with Crippen molar-refractivity contribution in [2.75, 3.05) is 0 Å². The predicted molar refractivity (Wildman–Crippen MR) is 58.4 cm³/mol. The summed E-state index contributed by atoms with van der Waals surface area (Å²) < 4.78 is 1.80. The molecule has 74 valence electrons. The quantitative estimate of drug-likeness (QED) is 0.758. The molecule has 3 nitrogen and oxygen atoms in total. The van der Waals surface area contributed by atoms with Gasteiger partial charge in [0.2, 0.25) is 0 Å². The number of aromatic nitrogens is 3. The highest BCUT2D eigenvalue weighted by molar-refractivity contribution is 7.13. The van der Waals surface area contributed by atoms with Gasteiger partial charge < -0.3 is 0 Å². The zero-order chi connectivity index (χ0) is 10.1. The van der Waals surface area contributed by atoms with Gasteiger partial charge in [0.1, 0.15) is 10.7 Å². The van der Waals surface area contributed by atoms with E-state index in [4.69, 9.17) is 0 Å². The summed E-state index contributed by atoms with van der Waals surface area (Å²) in [5.41, 5.74) is 2.11. The Bertz CT molecular complexity index is 428. The van der Waals surface area contributed by atoms with Crippen LogP contribution < -0.4 is 0 Å². The first-order chi connectivity index (χ1) is 6.66. The normalized spacial score (nSPS) is 11.1. The Labute approximate surface area is 87.4 Å². The largest absolute Gasteiger partial charge is 0.275 e. The van der Waals surface area contributed by atoms with Crippen LogP contribution in [0, 0.1) is 0 Å². The lowest BCUT2D eigenvalue weighted by Gasteiger charge is -1.96. The van der Waals surface area contributed by atoms with Gasteiger partial charge in [0.15, 0.2) is 0 Å². The lowest BCUT2D eigenvalue weighted by Crippen LogP contribution is -1.89. The number of thiazole rings is 1. The Kier molecular flexibility index (Phi) is 2.37. The zero-order valence-corrected chi connectivity index (χ0v) is 9.38. The Morgan fingerprint density at radius 1 is 1.43 bits per heavy atom. The minimum Gasteiger partial charge on any atom is -0.275 e. The number of hydrogen-bond donors (Lipinski definition) is 0. The van der Waals surface area contributed by atoms with Gasteiger partial charge in [0.25, 0.3) is 0 Å².